The van der Waals surface area contributed by atoms with Gasteiger partial charge in [-0.1, -0.05) is 0 Å². The molecule has 120 valence electrons. The van der Waals surface area contributed by atoms with Crippen LogP contribution < -0.4 is 0 Å². The van der Waals surface area contributed by atoms with E-state index in [4.69, 9.17) is 0 Å². The number of fused-ring (bicyclic) bond motifs is 1. The summed E-state index contributed by atoms with van der Waals surface area (Å²) >= 11 is 0. The Balaban J connectivity index is 1.69. The van der Waals surface area contributed by atoms with Crippen molar-refractivity contribution in [3.8, 4) is 0 Å². The highest BCUT2D eigenvalue weighted by atomic mass is 16.2. The van der Waals surface area contributed by atoms with Gasteiger partial charge in [-0.2, -0.15) is 5.10 Å². The standard InChI is InChI=1S/C15H23N5O2/c1-17(2)15(22)19-10-12-5-7-16-20(12)13(11-19)6-9-18-8-3-4-14(18)21/h5,7,13H,3-4,6,8-11H2,1-2H3/t13-/m1/s1. The Kier molecular flexibility index (Phi) is 4.04. The number of aromatic nitrogens is 2. The highest BCUT2D eigenvalue weighted by Crippen LogP contribution is 2.24. The molecule has 3 rings (SSSR count). The molecule has 1 fully saturated rings. The first-order valence-corrected chi connectivity index (χ1v) is 7.82. The zero-order valence-electron chi connectivity index (χ0n) is 13.2. The molecule has 1 aromatic heterocycles. The molecule has 7 heteroatoms. The third-order valence-corrected chi connectivity index (χ3v) is 4.44. The van der Waals surface area contributed by atoms with Crippen molar-refractivity contribution in [1.82, 2.24) is 24.5 Å². The molecule has 0 bridgehead atoms. The summed E-state index contributed by atoms with van der Waals surface area (Å²) < 4.78 is 2.01. The second-order valence-electron chi connectivity index (χ2n) is 6.25. The van der Waals surface area contributed by atoms with Gasteiger partial charge in [-0.3, -0.25) is 9.48 Å². The second-order valence-corrected chi connectivity index (χ2v) is 6.25. The van der Waals surface area contributed by atoms with Gasteiger partial charge in [-0.25, -0.2) is 4.79 Å². The van der Waals surface area contributed by atoms with Crippen molar-refractivity contribution >= 4 is 11.9 Å². The van der Waals surface area contributed by atoms with E-state index in [-0.39, 0.29) is 18.0 Å². The van der Waals surface area contributed by atoms with Gasteiger partial charge in [0.25, 0.3) is 0 Å². The summed E-state index contributed by atoms with van der Waals surface area (Å²) in [4.78, 5) is 29.4. The number of hydrogen-bond acceptors (Lipinski definition) is 3. The van der Waals surface area contributed by atoms with Crippen molar-refractivity contribution in [2.24, 2.45) is 0 Å². The van der Waals surface area contributed by atoms with E-state index in [0.717, 1.165) is 31.6 Å². The van der Waals surface area contributed by atoms with Crippen molar-refractivity contribution in [2.45, 2.75) is 31.8 Å². The van der Waals surface area contributed by atoms with Crippen LogP contribution in [0, 0.1) is 0 Å². The van der Waals surface area contributed by atoms with E-state index in [1.807, 2.05) is 20.5 Å². The minimum Gasteiger partial charge on any atom is -0.343 e. The van der Waals surface area contributed by atoms with Gasteiger partial charge >= 0.3 is 6.03 Å². The fourth-order valence-corrected chi connectivity index (χ4v) is 3.27. The van der Waals surface area contributed by atoms with Gasteiger partial charge in [0.15, 0.2) is 0 Å². The molecule has 0 spiro atoms. The molecule has 0 aliphatic carbocycles. The fourth-order valence-electron chi connectivity index (χ4n) is 3.27. The van der Waals surface area contributed by atoms with E-state index < -0.39 is 0 Å². The van der Waals surface area contributed by atoms with Crippen LogP contribution in [0.15, 0.2) is 12.3 Å². The molecule has 2 aliphatic rings. The number of likely N-dealkylation sites (tertiary alicyclic amines) is 1. The Morgan fingerprint density at radius 1 is 1.45 bits per heavy atom. The van der Waals surface area contributed by atoms with Gasteiger partial charge in [0, 0.05) is 46.3 Å². The number of amides is 3. The number of carbonyl (C=O) groups excluding carboxylic acids is 2. The Bertz CT molecular complexity index is 568. The minimum atomic E-state index is 0.0229. The molecule has 0 aromatic carbocycles. The van der Waals surface area contributed by atoms with Crippen LogP contribution in [0.2, 0.25) is 0 Å². The number of rotatable bonds is 3. The van der Waals surface area contributed by atoms with E-state index in [1.54, 1.807) is 25.2 Å². The largest absolute Gasteiger partial charge is 0.343 e. The lowest BCUT2D eigenvalue weighted by Gasteiger charge is -2.35. The Morgan fingerprint density at radius 3 is 2.95 bits per heavy atom. The van der Waals surface area contributed by atoms with E-state index in [1.165, 1.54) is 0 Å². The smallest absolute Gasteiger partial charge is 0.319 e. The zero-order chi connectivity index (χ0) is 15.7. The molecule has 0 N–H and O–H groups in total. The molecular weight excluding hydrogens is 282 g/mol. The van der Waals surface area contributed by atoms with Crippen molar-refractivity contribution in [2.75, 3.05) is 33.7 Å². The molecular formula is C15H23N5O2. The van der Waals surface area contributed by atoms with E-state index in [2.05, 4.69) is 5.10 Å². The summed E-state index contributed by atoms with van der Waals surface area (Å²) in [5.41, 5.74) is 1.05. The lowest BCUT2D eigenvalue weighted by molar-refractivity contribution is -0.127. The van der Waals surface area contributed by atoms with E-state index in [9.17, 15) is 9.59 Å². The molecule has 1 saturated heterocycles. The van der Waals surface area contributed by atoms with Crippen LogP contribution in [0.1, 0.15) is 31.0 Å². The van der Waals surface area contributed by atoms with Crippen LogP contribution in [-0.2, 0) is 11.3 Å². The molecule has 3 amide bonds. The minimum absolute atomic E-state index is 0.0229. The van der Waals surface area contributed by atoms with Crippen molar-refractivity contribution in [3.63, 3.8) is 0 Å². The average molecular weight is 305 g/mol. The molecule has 7 nitrogen and oxygen atoms in total. The second kappa shape index (κ2) is 5.98. The zero-order valence-corrected chi connectivity index (χ0v) is 13.2. The Labute approximate surface area is 130 Å². The quantitative estimate of drug-likeness (QED) is 0.835. The van der Waals surface area contributed by atoms with Crippen molar-refractivity contribution < 1.29 is 9.59 Å². The summed E-state index contributed by atoms with van der Waals surface area (Å²) in [6.07, 6.45) is 4.25. The van der Waals surface area contributed by atoms with Gasteiger partial charge < -0.3 is 14.7 Å². The van der Waals surface area contributed by atoms with Crippen LogP contribution in [0.3, 0.4) is 0 Å². The third-order valence-electron chi connectivity index (χ3n) is 4.44. The van der Waals surface area contributed by atoms with Crippen LogP contribution >= 0.6 is 0 Å². The SMILES string of the molecule is CN(C)C(=O)N1Cc2ccnn2[C@H](CCN2CCCC2=O)C1. The summed E-state index contributed by atoms with van der Waals surface area (Å²) in [5, 5.41) is 4.40. The first-order valence-electron chi connectivity index (χ1n) is 7.82. The average Bonchev–Trinajstić information content (AvgIpc) is 3.12. The molecule has 1 atom stereocenters. The van der Waals surface area contributed by atoms with Crippen LogP contribution in [0.5, 0.6) is 0 Å². The van der Waals surface area contributed by atoms with Crippen LogP contribution in [0.25, 0.3) is 0 Å². The molecule has 0 radical (unpaired) electrons. The van der Waals surface area contributed by atoms with Crippen molar-refractivity contribution in [1.29, 1.82) is 0 Å². The van der Waals surface area contributed by atoms with Crippen LogP contribution in [0.4, 0.5) is 4.79 Å². The highest BCUT2D eigenvalue weighted by Gasteiger charge is 2.30. The molecule has 2 aliphatic heterocycles. The first kappa shape index (κ1) is 14.9. The van der Waals surface area contributed by atoms with Gasteiger partial charge in [0.05, 0.1) is 18.3 Å². The first-order chi connectivity index (χ1) is 10.6. The summed E-state index contributed by atoms with van der Waals surface area (Å²) in [7, 11) is 3.54. The summed E-state index contributed by atoms with van der Waals surface area (Å²) in [6.45, 7) is 2.84. The van der Waals surface area contributed by atoms with Gasteiger partial charge in [-0.05, 0) is 18.9 Å². The predicted molar refractivity (Wildman–Crippen MR) is 81.2 cm³/mol. The van der Waals surface area contributed by atoms with E-state index in [0.29, 0.717) is 19.5 Å². The summed E-state index contributed by atoms with van der Waals surface area (Å²) in [6, 6.07) is 2.12. The van der Waals surface area contributed by atoms with Gasteiger partial charge in [-0.15, -0.1) is 0 Å². The van der Waals surface area contributed by atoms with Gasteiger partial charge in [0.1, 0.15) is 0 Å². The predicted octanol–water partition coefficient (Wildman–Crippen LogP) is 0.934. The summed E-state index contributed by atoms with van der Waals surface area (Å²) in [5.74, 6) is 0.248. The monoisotopic (exact) mass is 305 g/mol. The van der Waals surface area contributed by atoms with Crippen LogP contribution in [-0.4, -0.2) is 70.1 Å². The fraction of sp³-hybridized carbons (Fsp3) is 0.667. The third kappa shape index (κ3) is 2.80. The van der Waals surface area contributed by atoms with E-state index >= 15 is 0 Å². The molecule has 22 heavy (non-hydrogen) atoms. The maximum atomic E-state index is 12.2. The maximum Gasteiger partial charge on any atom is 0.319 e. The number of carbonyl (C=O) groups is 2. The number of hydrogen-bond donors (Lipinski definition) is 0. The lowest BCUT2D eigenvalue weighted by Crippen LogP contribution is -2.46. The topological polar surface area (TPSA) is 61.7 Å². The maximum absolute atomic E-state index is 12.2. The Hall–Kier alpha value is -2.05. The lowest BCUT2D eigenvalue weighted by atomic mass is 10.1. The number of urea groups is 1. The van der Waals surface area contributed by atoms with Gasteiger partial charge in [0.2, 0.25) is 5.91 Å². The molecule has 0 unspecified atom stereocenters. The molecule has 3 heterocycles. The molecule has 0 saturated carbocycles. The molecule has 1 aromatic rings. The highest BCUT2D eigenvalue weighted by molar-refractivity contribution is 5.78. The Morgan fingerprint density at radius 2 is 2.27 bits per heavy atom. The van der Waals surface area contributed by atoms with Crippen molar-refractivity contribution in [3.05, 3.63) is 18.0 Å². The normalized spacial score (nSPS) is 21.2. The number of nitrogens with zero attached hydrogens (tertiary/aromatic N) is 5.